The Kier molecular flexibility index (Phi) is 6.19. The van der Waals surface area contributed by atoms with E-state index >= 15 is 0 Å². The molecule has 0 fully saturated rings. The summed E-state index contributed by atoms with van der Waals surface area (Å²) in [6, 6.07) is 18.8. The first-order valence-electron chi connectivity index (χ1n) is 7.66. The van der Waals surface area contributed by atoms with E-state index in [0.717, 1.165) is 10.1 Å². The fraction of sp³-hybridized carbons (Fsp3) is 0.111. The number of nitrogens with one attached hydrogen (secondary N) is 1. The smallest absolute Gasteiger partial charge is 0.264 e. The molecule has 1 heterocycles. The average molecular weight is 382 g/mol. The summed E-state index contributed by atoms with van der Waals surface area (Å²) >= 11 is 2.87. The van der Waals surface area contributed by atoms with Gasteiger partial charge in [0.25, 0.3) is 5.91 Å². The number of nitriles is 1. The van der Waals surface area contributed by atoms with Crippen molar-refractivity contribution in [1.29, 1.82) is 5.26 Å². The molecule has 0 saturated heterocycles. The molecule has 130 valence electrons. The topological polar surface area (TPSA) is 87.9 Å². The third-order valence-corrected chi connectivity index (χ3v) is 5.27. The second kappa shape index (κ2) is 8.99. The zero-order valence-electron chi connectivity index (χ0n) is 13.6. The molecule has 3 aromatic rings. The molecule has 0 aliphatic heterocycles. The number of amides is 1. The zero-order chi connectivity index (χ0) is 18.2. The van der Waals surface area contributed by atoms with Gasteiger partial charge in [-0.15, -0.1) is 10.2 Å². The minimum absolute atomic E-state index is 0.204. The van der Waals surface area contributed by atoms with Crippen LogP contribution in [0.4, 0.5) is 5.13 Å². The summed E-state index contributed by atoms with van der Waals surface area (Å²) in [6.45, 7) is -0.204. The Labute approximate surface area is 158 Å². The van der Waals surface area contributed by atoms with Crippen LogP contribution >= 0.6 is 23.1 Å². The Morgan fingerprint density at radius 1 is 1.15 bits per heavy atom. The van der Waals surface area contributed by atoms with Crippen LogP contribution in [0.15, 0.2) is 58.9 Å². The molecule has 6 nitrogen and oxygen atoms in total. The van der Waals surface area contributed by atoms with E-state index in [-0.39, 0.29) is 12.5 Å². The molecule has 0 saturated carbocycles. The lowest BCUT2D eigenvalue weighted by Crippen LogP contribution is -2.20. The zero-order valence-corrected chi connectivity index (χ0v) is 15.2. The summed E-state index contributed by atoms with van der Waals surface area (Å²) in [5.74, 6) is 0.812. The van der Waals surface area contributed by atoms with Crippen molar-refractivity contribution in [2.24, 2.45) is 0 Å². The predicted molar refractivity (Wildman–Crippen MR) is 101 cm³/mol. The number of hydrogen-bond acceptors (Lipinski definition) is 7. The van der Waals surface area contributed by atoms with Gasteiger partial charge < -0.3 is 4.74 Å². The van der Waals surface area contributed by atoms with Crippen LogP contribution in [0.1, 0.15) is 11.1 Å². The van der Waals surface area contributed by atoms with Crippen molar-refractivity contribution in [1.82, 2.24) is 10.2 Å². The van der Waals surface area contributed by atoms with Crippen molar-refractivity contribution in [2.45, 2.75) is 10.1 Å². The van der Waals surface area contributed by atoms with Crippen LogP contribution in [0.2, 0.25) is 0 Å². The predicted octanol–water partition coefficient (Wildman–Crippen LogP) is 3.72. The van der Waals surface area contributed by atoms with Crippen LogP contribution in [-0.4, -0.2) is 22.7 Å². The maximum atomic E-state index is 12.0. The van der Waals surface area contributed by atoms with Crippen LogP contribution in [-0.2, 0) is 10.5 Å². The first kappa shape index (κ1) is 17.9. The van der Waals surface area contributed by atoms with Crippen LogP contribution in [0.5, 0.6) is 5.75 Å². The SMILES string of the molecule is N#Cc1ccccc1OCC(=O)Nc1nnc(SCc2ccccc2)s1. The summed E-state index contributed by atoms with van der Waals surface area (Å²) in [6.07, 6.45) is 0. The van der Waals surface area contributed by atoms with Gasteiger partial charge in [0.05, 0.1) is 5.56 Å². The molecule has 0 spiro atoms. The second-order valence-electron chi connectivity index (χ2n) is 5.09. The van der Waals surface area contributed by atoms with Crippen molar-refractivity contribution < 1.29 is 9.53 Å². The minimum atomic E-state index is -0.353. The Hall–Kier alpha value is -2.89. The number of anilines is 1. The Morgan fingerprint density at radius 3 is 2.73 bits per heavy atom. The molecule has 1 aromatic heterocycles. The van der Waals surface area contributed by atoms with E-state index in [2.05, 4.69) is 15.5 Å². The van der Waals surface area contributed by atoms with Crippen molar-refractivity contribution in [3.8, 4) is 11.8 Å². The summed E-state index contributed by atoms with van der Waals surface area (Å²) in [5, 5.41) is 20.1. The first-order chi connectivity index (χ1) is 12.7. The van der Waals surface area contributed by atoms with Gasteiger partial charge in [0.15, 0.2) is 10.9 Å². The number of hydrogen-bond donors (Lipinski definition) is 1. The Bertz CT molecular complexity index is 922. The van der Waals surface area contributed by atoms with Crippen LogP contribution < -0.4 is 10.1 Å². The number of benzene rings is 2. The normalized spacial score (nSPS) is 10.1. The lowest BCUT2D eigenvalue weighted by Gasteiger charge is -2.06. The summed E-state index contributed by atoms with van der Waals surface area (Å²) in [5.41, 5.74) is 1.58. The van der Waals surface area contributed by atoms with Gasteiger partial charge in [-0.1, -0.05) is 65.6 Å². The second-order valence-corrected chi connectivity index (χ2v) is 7.29. The number of para-hydroxylation sites is 1. The molecule has 2 aromatic carbocycles. The van der Waals surface area contributed by atoms with Crippen molar-refractivity contribution in [3.05, 3.63) is 65.7 Å². The van der Waals surface area contributed by atoms with E-state index in [9.17, 15) is 4.79 Å². The van der Waals surface area contributed by atoms with Gasteiger partial charge >= 0.3 is 0 Å². The van der Waals surface area contributed by atoms with Gasteiger partial charge in [-0.3, -0.25) is 10.1 Å². The van der Waals surface area contributed by atoms with Crippen LogP contribution in [0, 0.1) is 11.3 Å². The van der Waals surface area contributed by atoms with Crippen molar-refractivity contribution in [2.75, 3.05) is 11.9 Å². The highest BCUT2D eigenvalue weighted by Crippen LogP contribution is 2.28. The third kappa shape index (κ3) is 5.05. The van der Waals surface area contributed by atoms with Crippen LogP contribution in [0.25, 0.3) is 0 Å². The highest BCUT2D eigenvalue weighted by atomic mass is 32.2. The van der Waals surface area contributed by atoms with E-state index < -0.39 is 0 Å². The lowest BCUT2D eigenvalue weighted by atomic mass is 10.2. The third-order valence-electron chi connectivity index (χ3n) is 3.22. The van der Waals surface area contributed by atoms with E-state index in [4.69, 9.17) is 10.00 Å². The van der Waals surface area contributed by atoms with E-state index in [1.807, 2.05) is 36.4 Å². The van der Waals surface area contributed by atoms with E-state index in [1.54, 1.807) is 36.0 Å². The van der Waals surface area contributed by atoms with Crippen molar-refractivity contribution in [3.63, 3.8) is 0 Å². The fourth-order valence-electron chi connectivity index (χ4n) is 2.02. The molecule has 1 amide bonds. The molecular weight excluding hydrogens is 368 g/mol. The number of carbonyl (C=O) groups excluding carboxylic acids is 1. The van der Waals surface area contributed by atoms with Gasteiger partial charge in [-0.25, -0.2) is 0 Å². The van der Waals surface area contributed by atoms with Gasteiger partial charge in [0.2, 0.25) is 5.13 Å². The Balaban J connectivity index is 1.49. The number of ether oxygens (including phenoxy) is 1. The molecule has 8 heteroatoms. The quantitative estimate of drug-likeness (QED) is 0.495. The monoisotopic (exact) mass is 382 g/mol. The maximum absolute atomic E-state index is 12.0. The highest BCUT2D eigenvalue weighted by molar-refractivity contribution is 8.00. The molecule has 3 rings (SSSR count). The van der Waals surface area contributed by atoms with Gasteiger partial charge in [-0.2, -0.15) is 5.26 Å². The lowest BCUT2D eigenvalue weighted by molar-refractivity contribution is -0.118. The first-order valence-corrected chi connectivity index (χ1v) is 9.47. The number of rotatable bonds is 7. The summed E-state index contributed by atoms with van der Waals surface area (Å²) in [4.78, 5) is 12.0. The molecule has 0 atom stereocenters. The molecule has 26 heavy (non-hydrogen) atoms. The number of carbonyl (C=O) groups is 1. The summed E-state index contributed by atoms with van der Waals surface area (Å²) < 4.78 is 6.17. The number of nitrogens with zero attached hydrogens (tertiary/aromatic N) is 3. The number of thioether (sulfide) groups is 1. The summed E-state index contributed by atoms with van der Waals surface area (Å²) in [7, 11) is 0. The van der Waals surface area contributed by atoms with E-state index in [0.29, 0.717) is 16.4 Å². The van der Waals surface area contributed by atoms with Gasteiger partial charge in [-0.05, 0) is 17.7 Å². The standard InChI is InChI=1S/C18H14N4O2S2/c19-10-14-8-4-5-9-15(14)24-11-16(23)20-17-21-22-18(26-17)25-12-13-6-2-1-3-7-13/h1-9H,11-12H2,(H,20,21,23). The highest BCUT2D eigenvalue weighted by Gasteiger charge is 2.10. The molecule has 1 N–H and O–H groups in total. The molecule has 0 unspecified atom stereocenters. The molecule has 0 bridgehead atoms. The van der Waals surface area contributed by atoms with Gasteiger partial charge in [0.1, 0.15) is 11.8 Å². The Morgan fingerprint density at radius 2 is 1.92 bits per heavy atom. The number of aromatic nitrogens is 2. The van der Waals surface area contributed by atoms with Crippen LogP contribution in [0.3, 0.4) is 0 Å². The fourth-order valence-corrected chi connectivity index (χ4v) is 3.75. The average Bonchev–Trinajstić information content (AvgIpc) is 3.13. The minimum Gasteiger partial charge on any atom is -0.482 e. The van der Waals surface area contributed by atoms with Crippen molar-refractivity contribution >= 4 is 34.1 Å². The van der Waals surface area contributed by atoms with E-state index in [1.165, 1.54) is 16.9 Å². The molecule has 0 aliphatic carbocycles. The largest absolute Gasteiger partial charge is 0.482 e. The maximum Gasteiger partial charge on any atom is 0.264 e. The molecule has 0 radical (unpaired) electrons. The molecule has 0 aliphatic rings. The van der Waals surface area contributed by atoms with Gasteiger partial charge in [0, 0.05) is 5.75 Å². The molecular formula is C18H14N4O2S2.